The molecule has 0 bridgehead atoms. The zero-order chi connectivity index (χ0) is 26.5. The Morgan fingerprint density at radius 1 is 0.917 bits per heavy atom. The van der Waals surface area contributed by atoms with Crippen LogP contribution in [0.1, 0.15) is 113 Å². The number of esters is 1. The van der Waals surface area contributed by atoms with Gasteiger partial charge in [-0.3, -0.25) is 9.59 Å². The van der Waals surface area contributed by atoms with Gasteiger partial charge < -0.3 is 9.84 Å². The molecule has 0 spiro atoms. The molecule has 4 heteroatoms. The summed E-state index contributed by atoms with van der Waals surface area (Å²) in [4.78, 5) is 24.7. The van der Waals surface area contributed by atoms with Crippen molar-refractivity contribution in [1.82, 2.24) is 0 Å². The lowest BCUT2D eigenvalue weighted by molar-refractivity contribution is -0.214. The molecule has 202 valence electrons. The predicted molar refractivity (Wildman–Crippen MR) is 142 cm³/mol. The summed E-state index contributed by atoms with van der Waals surface area (Å²) >= 11 is 0. The standard InChI is InChI=1S/C32H50O4/c1-19-11-16-32(27(34)35)18-17-30(7)22(26(32)20(19)2)9-10-24-29(6)14-13-25(36-21(3)33)28(4,5)23(29)12-15-31(24,30)8/h9,19-20,23-26H,10-18H2,1-8H3,(H,34,35)/t19-,20+,23?,24-,25+,26+,29+,30-,31-,32+/m0/s1. The smallest absolute Gasteiger partial charge is 0.310 e. The first kappa shape index (κ1) is 26.3. The zero-order valence-electron chi connectivity index (χ0n) is 24.1. The van der Waals surface area contributed by atoms with Gasteiger partial charge in [0.05, 0.1) is 5.41 Å². The van der Waals surface area contributed by atoms with E-state index in [9.17, 15) is 14.7 Å². The molecular weight excluding hydrogens is 448 g/mol. The van der Waals surface area contributed by atoms with Crippen molar-refractivity contribution in [3.05, 3.63) is 11.6 Å². The van der Waals surface area contributed by atoms with Crippen LogP contribution in [0.4, 0.5) is 0 Å². The molecule has 1 N–H and O–H groups in total. The Kier molecular flexibility index (Phi) is 5.91. The van der Waals surface area contributed by atoms with Gasteiger partial charge in [0, 0.05) is 12.3 Å². The van der Waals surface area contributed by atoms with Crippen LogP contribution < -0.4 is 0 Å². The van der Waals surface area contributed by atoms with E-state index < -0.39 is 11.4 Å². The lowest BCUT2D eigenvalue weighted by Gasteiger charge is -2.71. The Labute approximate surface area is 219 Å². The Hall–Kier alpha value is -1.32. The molecule has 0 aromatic carbocycles. The normalized spacial score (nSPS) is 51.5. The largest absolute Gasteiger partial charge is 0.481 e. The van der Waals surface area contributed by atoms with Crippen LogP contribution in [0.2, 0.25) is 0 Å². The fraction of sp³-hybridized carbons (Fsp3) is 0.875. The Balaban J connectivity index is 1.56. The number of hydrogen-bond donors (Lipinski definition) is 1. The predicted octanol–water partition coefficient (Wildman–Crippen LogP) is 7.66. The molecule has 0 amide bonds. The zero-order valence-corrected chi connectivity index (χ0v) is 24.1. The average Bonchev–Trinajstić information content (AvgIpc) is 2.78. The van der Waals surface area contributed by atoms with Crippen molar-refractivity contribution >= 4 is 11.9 Å². The summed E-state index contributed by atoms with van der Waals surface area (Å²) in [6.45, 7) is 18.5. The lowest BCUT2D eigenvalue weighted by atomic mass is 9.33. The molecule has 10 atom stereocenters. The molecule has 0 aromatic heterocycles. The summed E-state index contributed by atoms with van der Waals surface area (Å²) in [5, 5.41) is 10.6. The van der Waals surface area contributed by atoms with Gasteiger partial charge >= 0.3 is 11.9 Å². The second-order valence-corrected chi connectivity index (χ2v) is 15.1. The third-order valence-corrected chi connectivity index (χ3v) is 13.7. The lowest BCUT2D eigenvalue weighted by Crippen LogP contribution is -2.65. The van der Waals surface area contributed by atoms with E-state index in [1.807, 2.05) is 0 Å². The van der Waals surface area contributed by atoms with E-state index in [0.29, 0.717) is 23.7 Å². The quantitative estimate of drug-likeness (QED) is 0.313. The summed E-state index contributed by atoms with van der Waals surface area (Å²) in [7, 11) is 0. The first-order valence-corrected chi connectivity index (χ1v) is 14.8. The van der Waals surface area contributed by atoms with E-state index in [4.69, 9.17) is 4.74 Å². The number of rotatable bonds is 2. The van der Waals surface area contributed by atoms with E-state index >= 15 is 0 Å². The Morgan fingerprint density at radius 3 is 2.25 bits per heavy atom. The summed E-state index contributed by atoms with van der Waals surface area (Å²) < 4.78 is 5.88. The number of fused-ring (bicyclic) bond motifs is 7. The highest BCUT2D eigenvalue weighted by atomic mass is 16.5. The minimum Gasteiger partial charge on any atom is -0.481 e. The topological polar surface area (TPSA) is 63.6 Å². The van der Waals surface area contributed by atoms with Crippen LogP contribution in [0.3, 0.4) is 0 Å². The highest BCUT2D eigenvalue weighted by Gasteiger charge is 2.69. The molecule has 0 radical (unpaired) electrons. The molecule has 0 aliphatic heterocycles. The summed E-state index contributed by atoms with van der Waals surface area (Å²) in [5.41, 5.74) is 1.30. The highest BCUT2D eigenvalue weighted by Crippen LogP contribution is 2.75. The Bertz CT molecular complexity index is 981. The maximum absolute atomic E-state index is 12.9. The van der Waals surface area contributed by atoms with E-state index in [0.717, 1.165) is 51.4 Å². The number of carboxylic acid groups (broad SMARTS) is 1. The first-order valence-electron chi connectivity index (χ1n) is 14.8. The van der Waals surface area contributed by atoms with Crippen LogP contribution in [-0.4, -0.2) is 23.1 Å². The van der Waals surface area contributed by atoms with Gasteiger partial charge in [-0.05, 0) is 104 Å². The van der Waals surface area contributed by atoms with Crippen molar-refractivity contribution in [1.29, 1.82) is 0 Å². The maximum atomic E-state index is 12.9. The van der Waals surface area contributed by atoms with E-state index in [-0.39, 0.29) is 39.7 Å². The number of aliphatic carboxylic acids is 1. The van der Waals surface area contributed by atoms with Crippen LogP contribution in [0, 0.1) is 56.7 Å². The van der Waals surface area contributed by atoms with Gasteiger partial charge in [-0.15, -0.1) is 0 Å². The molecule has 36 heavy (non-hydrogen) atoms. The van der Waals surface area contributed by atoms with Crippen molar-refractivity contribution in [2.45, 2.75) is 119 Å². The second-order valence-electron chi connectivity index (χ2n) is 15.1. The molecule has 4 nitrogen and oxygen atoms in total. The molecule has 4 saturated carbocycles. The third kappa shape index (κ3) is 3.17. The number of hydrogen-bond acceptors (Lipinski definition) is 3. The van der Waals surface area contributed by atoms with Crippen molar-refractivity contribution in [3.63, 3.8) is 0 Å². The summed E-state index contributed by atoms with van der Waals surface area (Å²) in [6, 6.07) is 0. The van der Waals surface area contributed by atoms with E-state index in [1.165, 1.54) is 12.0 Å². The molecule has 5 aliphatic rings. The fourth-order valence-corrected chi connectivity index (χ4v) is 11.2. The van der Waals surface area contributed by atoms with Crippen molar-refractivity contribution < 1.29 is 19.4 Å². The van der Waals surface area contributed by atoms with Crippen molar-refractivity contribution in [2.24, 2.45) is 56.7 Å². The minimum absolute atomic E-state index is 0.00171. The van der Waals surface area contributed by atoms with E-state index in [1.54, 1.807) is 6.92 Å². The number of carbonyl (C=O) groups excluding carboxylic acids is 1. The Morgan fingerprint density at radius 2 is 1.61 bits per heavy atom. The number of carbonyl (C=O) groups is 2. The van der Waals surface area contributed by atoms with Crippen LogP contribution >= 0.6 is 0 Å². The van der Waals surface area contributed by atoms with Crippen LogP contribution in [0.15, 0.2) is 11.6 Å². The van der Waals surface area contributed by atoms with Gasteiger partial charge in [0.2, 0.25) is 0 Å². The van der Waals surface area contributed by atoms with Crippen LogP contribution in [0.5, 0.6) is 0 Å². The summed E-state index contributed by atoms with van der Waals surface area (Å²) in [5.74, 6) is 1.53. The maximum Gasteiger partial charge on any atom is 0.310 e. The van der Waals surface area contributed by atoms with Crippen LogP contribution in [-0.2, 0) is 14.3 Å². The van der Waals surface area contributed by atoms with Crippen LogP contribution in [0.25, 0.3) is 0 Å². The first-order chi connectivity index (χ1) is 16.6. The highest BCUT2D eigenvalue weighted by molar-refractivity contribution is 5.76. The molecule has 0 aromatic rings. The molecule has 0 saturated heterocycles. The minimum atomic E-state index is -0.578. The van der Waals surface area contributed by atoms with Gasteiger partial charge in [-0.1, -0.05) is 60.1 Å². The van der Waals surface area contributed by atoms with E-state index in [2.05, 4.69) is 54.5 Å². The number of allylic oxidation sites excluding steroid dienone is 2. The number of ether oxygens (including phenoxy) is 1. The third-order valence-electron chi connectivity index (χ3n) is 13.7. The van der Waals surface area contributed by atoms with Crippen molar-refractivity contribution in [3.8, 4) is 0 Å². The second kappa shape index (κ2) is 8.09. The van der Waals surface area contributed by atoms with Gasteiger partial charge in [0.25, 0.3) is 0 Å². The summed E-state index contributed by atoms with van der Waals surface area (Å²) in [6.07, 6.45) is 11.7. The van der Waals surface area contributed by atoms with Gasteiger partial charge in [0.1, 0.15) is 6.10 Å². The number of carboxylic acids is 1. The molecule has 5 aliphatic carbocycles. The molecule has 0 heterocycles. The monoisotopic (exact) mass is 498 g/mol. The fourth-order valence-electron chi connectivity index (χ4n) is 11.2. The van der Waals surface area contributed by atoms with Gasteiger partial charge in [-0.2, -0.15) is 0 Å². The van der Waals surface area contributed by atoms with Gasteiger partial charge in [-0.25, -0.2) is 0 Å². The molecule has 4 fully saturated rings. The molecule has 5 rings (SSSR count). The molecule has 1 unspecified atom stereocenters. The SMILES string of the molecule is CC(=O)O[C@@H]1CC[C@]2(C)C(CC[C@@]3(C)[C@H]2CC=C2[C@H]4[C@H](C)[C@@H](C)CC[C@@]4(C(=O)O)CC[C@@]23C)C1(C)C. The van der Waals surface area contributed by atoms with Gasteiger partial charge in [0.15, 0.2) is 0 Å². The van der Waals surface area contributed by atoms with Crippen molar-refractivity contribution in [2.75, 3.05) is 0 Å². The average molecular weight is 499 g/mol. The molecular formula is C32H50O4.